The molecule has 3 rings (SSSR count). The van der Waals surface area contributed by atoms with Crippen molar-refractivity contribution in [1.29, 1.82) is 5.26 Å². The van der Waals surface area contributed by atoms with E-state index in [9.17, 15) is 35.4 Å². The molecule has 0 radical (unpaired) electrons. The van der Waals surface area contributed by atoms with Crippen LogP contribution in [0, 0.1) is 24.1 Å². The first kappa shape index (κ1) is 42.3. The number of carbonyl (C=O) groups excluding carboxylic acids is 1. The van der Waals surface area contributed by atoms with Crippen molar-refractivity contribution >= 4 is 56.9 Å². The van der Waals surface area contributed by atoms with Crippen molar-refractivity contribution in [2.24, 2.45) is 22.9 Å². The third kappa shape index (κ3) is 13.7. The summed E-state index contributed by atoms with van der Waals surface area (Å²) in [6, 6.07) is 7.74. The number of carboxylic acid groups (broad SMARTS) is 1. The molecule has 0 fully saturated rings. The first-order chi connectivity index (χ1) is 23.7. The monoisotopic (exact) mass is 784 g/mol. The zero-order chi connectivity index (χ0) is 38.6. The van der Waals surface area contributed by atoms with Gasteiger partial charge in [0, 0.05) is 35.1 Å². The second kappa shape index (κ2) is 18.4. The van der Waals surface area contributed by atoms with Crippen LogP contribution < -0.4 is 61.6 Å². The second-order valence-electron chi connectivity index (χ2n) is 10.0. The Balaban J connectivity index is 0.00000116. The molecule has 3 aromatic rings. The lowest BCUT2D eigenvalue weighted by atomic mass is 10.2. The quantitative estimate of drug-likeness (QED) is 0.0245. The Morgan fingerprint density at radius 1 is 1.04 bits per heavy atom. The van der Waals surface area contributed by atoms with Crippen molar-refractivity contribution in [3.8, 4) is 23.3 Å². The summed E-state index contributed by atoms with van der Waals surface area (Å²) in [7, 11) is -9.20. The first-order valence-electron chi connectivity index (χ1n) is 14.2. The lowest BCUT2D eigenvalue weighted by Gasteiger charge is -2.24. The van der Waals surface area contributed by atoms with Crippen LogP contribution in [-0.4, -0.2) is 65.1 Å². The normalized spacial score (nSPS) is 12.4. The highest BCUT2D eigenvalue weighted by Gasteiger charge is 2.29. The minimum Gasteiger partial charge on any atom is -0.768 e. The number of ether oxygens (including phenoxy) is 2. The van der Waals surface area contributed by atoms with Crippen LogP contribution in [0.4, 0.5) is 17.6 Å². The fraction of sp³-hybridized carbons (Fsp3) is 0.333. The minimum absolute atomic E-state index is 0.0821. The molecule has 0 spiro atoms. The van der Waals surface area contributed by atoms with Gasteiger partial charge in [-0.25, -0.2) is 17.5 Å². The number of hydrogen-bond donors (Lipinski definition) is 7. The molecule has 0 aliphatic rings. The molecule has 0 saturated heterocycles. The third-order valence-corrected chi connectivity index (χ3v) is 10.5. The Kier molecular flexibility index (Phi) is 15.2. The van der Waals surface area contributed by atoms with E-state index >= 15 is 0 Å². The van der Waals surface area contributed by atoms with Crippen LogP contribution in [0.1, 0.15) is 24.0 Å². The summed E-state index contributed by atoms with van der Waals surface area (Å²) < 4.78 is 103. The number of carbonyl (C=O) groups is 1. The van der Waals surface area contributed by atoms with E-state index in [-0.39, 0.29) is 34.9 Å². The summed E-state index contributed by atoms with van der Waals surface area (Å²) in [5.41, 5.74) is 21.7. The number of nitrogens with zero attached hydrogens (tertiary/aromatic N) is 1. The van der Waals surface area contributed by atoms with E-state index in [1.807, 2.05) is 4.72 Å². The van der Waals surface area contributed by atoms with Crippen LogP contribution in [0.2, 0.25) is 0 Å². The molecular formula is C27H33F4N8O9PS2. The number of thiophene rings is 1. The van der Waals surface area contributed by atoms with Crippen molar-refractivity contribution in [2.45, 2.75) is 30.2 Å². The number of hydrogen-bond acceptors (Lipinski definition) is 11. The average Bonchev–Trinajstić information content (AvgIpc) is 3.35. The smallest absolute Gasteiger partial charge is 0.430 e. The summed E-state index contributed by atoms with van der Waals surface area (Å²) in [4.78, 5) is 26.8. The van der Waals surface area contributed by atoms with Gasteiger partial charge < -0.3 is 28.8 Å². The molecule has 1 atom stereocenters. The molecule has 1 aromatic heterocycles. The molecule has 24 heteroatoms. The summed E-state index contributed by atoms with van der Waals surface area (Å²) in [5.74, 6) is -3.50. The van der Waals surface area contributed by atoms with E-state index in [1.54, 1.807) is 25.1 Å². The number of halogens is 4. The van der Waals surface area contributed by atoms with Crippen molar-refractivity contribution < 1.29 is 69.3 Å². The summed E-state index contributed by atoms with van der Waals surface area (Å²) in [6.07, 6.45) is -5.21. The molecule has 51 heavy (non-hydrogen) atoms. The molecule has 11 N–H and O–H groups in total. The van der Waals surface area contributed by atoms with Crippen LogP contribution in [0.15, 0.2) is 34.5 Å². The van der Waals surface area contributed by atoms with Gasteiger partial charge in [-0.2, -0.15) is 18.4 Å². The van der Waals surface area contributed by atoms with Gasteiger partial charge >= 0.3 is 18.1 Å². The minimum atomic E-state index is -5.19. The predicted molar refractivity (Wildman–Crippen MR) is 171 cm³/mol. The Morgan fingerprint density at radius 2 is 1.57 bits per heavy atom. The van der Waals surface area contributed by atoms with E-state index in [1.165, 1.54) is 0 Å². The van der Waals surface area contributed by atoms with Crippen LogP contribution in [0.3, 0.4) is 0 Å². The highest BCUT2D eigenvalue weighted by Crippen LogP contribution is 2.42. The number of carboxylic acids is 1. The van der Waals surface area contributed by atoms with Gasteiger partial charge in [0.1, 0.15) is 27.8 Å². The highest BCUT2D eigenvalue weighted by molar-refractivity contribution is 7.92. The number of rotatable bonds is 16. The molecule has 1 unspecified atom stereocenters. The van der Waals surface area contributed by atoms with E-state index in [0.717, 1.165) is 29.5 Å². The van der Waals surface area contributed by atoms with Gasteiger partial charge in [-0.3, -0.25) is 37.5 Å². The lowest BCUT2D eigenvalue weighted by Crippen LogP contribution is -2.78. The number of guanidine groups is 2. The summed E-state index contributed by atoms with van der Waals surface area (Å²) in [6.45, 7) is 3.03. The molecule has 0 aliphatic carbocycles. The third-order valence-electron chi connectivity index (χ3n) is 6.00. The predicted octanol–water partition coefficient (Wildman–Crippen LogP) is -3.37. The maximum atomic E-state index is 13.8. The number of nitriles is 1. The molecule has 0 saturated carbocycles. The van der Waals surface area contributed by atoms with Crippen molar-refractivity contribution in [1.82, 2.24) is 4.72 Å². The SMILES string of the molecule is Cc1c(S(=O)(=O)NCP(=O)([O-])Oc2ccc(C#N)c(F)c2)sc2cc(OCCC[NH+]=C(N)N)c(OCCC[NH+]=C(N)N)cc12.O=C([O-])C(F)(F)F. The number of sulfonamides is 1. The summed E-state index contributed by atoms with van der Waals surface area (Å²) >= 11 is 0.909. The Bertz CT molecular complexity index is 1960. The van der Waals surface area contributed by atoms with E-state index in [0.29, 0.717) is 53.1 Å². The Hall–Kier alpha value is -4.88. The van der Waals surface area contributed by atoms with Gasteiger partial charge in [0.25, 0.3) is 10.0 Å². The zero-order valence-electron chi connectivity index (χ0n) is 26.5. The van der Waals surface area contributed by atoms with E-state index in [4.69, 9.17) is 52.1 Å². The van der Waals surface area contributed by atoms with Crippen LogP contribution in [-0.2, 0) is 19.4 Å². The van der Waals surface area contributed by atoms with Crippen LogP contribution in [0.5, 0.6) is 17.2 Å². The number of alkyl halides is 3. The second-order valence-corrected chi connectivity index (χ2v) is 14.8. The van der Waals surface area contributed by atoms with Crippen LogP contribution >= 0.6 is 18.9 Å². The maximum absolute atomic E-state index is 13.8. The van der Waals surface area contributed by atoms with Gasteiger partial charge in [0.2, 0.25) is 0 Å². The Labute approximate surface area is 292 Å². The highest BCUT2D eigenvalue weighted by atomic mass is 32.2. The fourth-order valence-corrected chi connectivity index (χ4v) is 8.02. The molecule has 0 amide bonds. The molecule has 0 aliphatic heterocycles. The maximum Gasteiger partial charge on any atom is 0.430 e. The van der Waals surface area contributed by atoms with E-state index < -0.39 is 47.6 Å². The molecule has 1 heterocycles. The van der Waals surface area contributed by atoms with Gasteiger partial charge in [0.15, 0.2) is 19.1 Å². The van der Waals surface area contributed by atoms with Gasteiger partial charge in [-0.05, 0) is 30.7 Å². The van der Waals surface area contributed by atoms with Gasteiger partial charge in [-0.1, -0.05) is 0 Å². The van der Waals surface area contributed by atoms with Gasteiger partial charge in [0.05, 0.1) is 38.2 Å². The van der Waals surface area contributed by atoms with Gasteiger partial charge in [-0.15, -0.1) is 11.3 Å². The first-order valence-corrected chi connectivity index (χ1v) is 18.2. The lowest BCUT2D eigenvalue weighted by molar-refractivity contribution is -0.460. The van der Waals surface area contributed by atoms with Crippen molar-refractivity contribution in [2.75, 3.05) is 32.6 Å². The molecule has 17 nitrogen and oxygen atoms in total. The number of nitrogens with one attached hydrogen (secondary N) is 3. The number of nitrogens with two attached hydrogens (primary N) is 4. The number of aryl methyl sites for hydroxylation is 1. The van der Waals surface area contributed by atoms with Crippen LogP contribution in [0.25, 0.3) is 10.1 Å². The number of aliphatic carboxylic acids is 1. The van der Waals surface area contributed by atoms with E-state index in [2.05, 4.69) is 9.98 Å². The standard InChI is InChI=1S/C25H32FN8O7PS2.C2HF3O2/c1-15-18-11-20(39-8-2-6-32-24(28)29)21(40-9-3-7-33-25(30)31)12-22(18)43-23(15)44(37,38)34-14-42(35,36)41-17-5-4-16(13-27)19(26)10-17;3-2(4,5)1(6)7/h4-5,10-12,34H,2-3,6-9,14H2,1H3,(H,35,36)(H4,28,29,32)(H4,30,31,33);(H,6,7). The van der Waals surface area contributed by atoms with Crippen molar-refractivity contribution in [3.05, 3.63) is 47.3 Å². The summed E-state index contributed by atoms with van der Waals surface area (Å²) in [5, 5.41) is 18.2. The zero-order valence-corrected chi connectivity index (χ0v) is 29.1. The largest absolute Gasteiger partial charge is 0.768 e. The number of benzene rings is 2. The number of fused-ring (bicyclic) bond motifs is 1. The fourth-order valence-electron chi connectivity index (χ4n) is 3.73. The van der Waals surface area contributed by atoms with Crippen molar-refractivity contribution in [3.63, 3.8) is 0 Å². The molecule has 0 bridgehead atoms. The Morgan fingerprint density at radius 3 is 2.04 bits per heavy atom. The topological polar surface area (TPSA) is 310 Å². The molecular weight excluding hydrogens is 751 g/mol. The molecule has 2 aromatic carbocycles. The average molecular weight is 785 g/mol. The molecule has 280 valence electrons.